The molecule has 0 spiro atoms. The number of rotatable bonds is 0. The summed E-state index contributed by atoms with van der Waals surface area (Å²) in [6.45, 7) is 0. The number of halogens is 1. The summed E-state index contributed by atoms with van der Waals surface area (Å²) >= 11 is 5.36. The maximum Gasteiger partial charge on any atom is 0.138 e. The fourth-order valence-corrected chi connectivity index (χ4v) is 0.736. The fourth-order valence-electron chi connectivity index (χ4n) is 0.469. The van der Waals surface area contributed by atoms with Gasteiger partial charge in [0.2, 0.25) is 0 Å². The van der Waals surface area contributed by atoms with E-state index in [0.29, 0.717) is 0 Å². The van der Waals surface area contributed by atoms with E-state index < -0.39 is 5.06 Å². The highest BCUT2D eigenvalue weighted by Crippen LogP contribution is 2.34. The molecule has 0 unspecified atom stereocenters. The van der Waals surface area contributed by atoms with Crippen molar-refractivity contribution in [2.75, 3.05) is 0 Å². The minimum Gasteiger partial charge on any atom is -0.375 e. The van der Waals surface area contributed by atoms with Crippen LogP contribution in [0.3, 0.4) is 0 Å². The Balaban J connectivity index is 2.31. The van der Waals surface area contributed by atoms with Crippen molar-refractivity contribution < 1.29 is 5.11 Å². The maximum atomic E-state index is 8.68. The molecule has 1 saturated carbocycles. The summed E-state index contributed by atoms with van der Waals surface area (Å²) in [5.41, 5.74) is 0. The highest BCUT2D eigenvalue weighted by Gasteiger charge is 2.30. The molecular weight excluding hydrogens is 99.5 g/mol. The van der Waals surface area contributed by atoms with E-state index in [2.05, 4.69) is 0 Å². The summed E-state index contributed by atoms with van der Waals surface area (Å²) in [4.78, 5) is 0. The zero-order chi connectivity index (χ0) is 4.62. The molecule has 0 aromatic rings. The number of hydrogen-bond acceptors (Lipinski definition) is 1. The molecule has 0 saturated heterocycles. The second kappa shape index (κ2) is 1.11. The van der Waals surface area contributed by atoms with Gasteiger partial charge in [0.1, 0.15) is 5.06 Å². The summed E-state index contributed by atoms with van der Waals surface area (Å²) in [5, 5.41) is 7.87. The Morgan fingerprint density at radius 1 is 1.50 bits per heavy atom. The van der Waals surface area contributed by atoms with Gasteiger partial charge in [-0.2, -0.15) is 0 Å². The second-order valence-corrected chi connectivity index (χ2v) is 2.48. The first-order chi connectivity index (χ1) is 2.71. The third-order valence-corrected chi connectivity index (χ3v) is 1.50. The second-order valence-electron chi connectivity index (χ2n) is 1.77. The normalized spacial score (nSPS) is 29.0. The predicted octanol–water partition coefficient (Wildman–Crippen LogP) is 1.10. The van der Waals surface area contributed by atoms with E-state index in [1.165, 1.54) is 0 Å². The SMILES string of the molecule is OC1(Cl)CCC1. The van der Waals surface area contributed by atoms with Crippen molar-refractivity contribution in [2.45, 2.75) is 24.3 Å². The van der Waals surface area contributed by atoms with Crippen molar-refractivity contribution in [3.63, 3.8) is 0 Å². The van der Waals surface area contributed by atoms with Crippen LogP contribution in [0.4, 0.5) is 0 Å². The van der Waals surface area contributed by atoms with E-state index >= 15 is 0 Å². The van der Waals surface area contributed by atoms with Crippen LogP contribution < -0.4 is 0 Å². The molecule has 2 heteroatoms. The molecule has 1 rings (SSSR count). The summed E-state index contributed by atoms with van der Waals surface area (Å²) < 4.78 is 0. The van der Waals surface area contributed by atoms with Crippen molar-refractivity contribution in [3.8, 4) is 0 Å². The molecule has 0 atom stereocenters. The Labute approximate surface area is 41.9 Å². The van der Waals surface area contributed by atoms with Crippen molar-refractivity contribution in [1.29, 1.82) is 0 Å². The Morgan fingerprint density at radius 3 is 1.83 bits per heavy atom. The molecule has 0 amide bonds. The Hall–Kier alpha value is 0.250. The average molecular weight is 107 g/mol. The molecule has 1 N–H and O–H groups in total. The first kappa shape index (κ1) is 4.41. The van der Waals surface area contributed by atoms with Gasteiger partial charge in [0.05, 0.1) is 0 Å². The summed E-state index contributed by atoms with van der Waals surface area (Å²) in [5.74, 6) is 0. The van der Waals surface area contributed by atoms with Crippen LogP contribution in [0.15, 0.2) is 0 Å². The zero-order valence-electron chi connectivity index (χ0n) is 3.45. The van der Waals surface area contributed by atoms with E-state index in [0.717, 1.165) is 19.3 Å². The minimum atomic E-state index is -0.806. The quantitative estimate of drug-likeness (QED) is 0.459. The fraction of sp³-hybridized carbons (Fsp3) is 1.00. The largest absolute Gasteiger partial charge is 0.375 e. The summed E-state index contributed by atoms with van der Waals surface area (Å²) in [7, 11) is 0. The van der Waals surface area contributed by atoms with Gasteiger partial charge < -0.3 is 5.11 Å². The Morgan fingerprint density at radius 2 is 1.83 bits per heavy atom. The van der Waals surface area contributed by atoms with Crippen molar-refractivity contribution in [2.24, 2.45) is 0 Å². The highest BCUT2D eigenvalue weighted by molar-refractivity contribution is 6.23. The lowest BCUT2D eigenvalue weighted by Crippen LogP contribution is -2.28. The summed E-state index contributed by atoms with van der Waals surface area (Å²) in [6, 6.07) is 0. The zero-order valence-corrected chi connectivity index (χ0v) is 4.20. The molecule has 0 radical (unpaired) electrons. The van der Waals surface area contributed by atoms with E-state index in [-0.39, 0.29) is 0 Å². The monoisotopic (exact) mass is 106 g/mol. The van der Waals surface area contributed by atoms with E-state index in [1.807, 2.05) is 0 Å². The molecule has 36 valence electrons. The van der Waals surface area contributed by atoms with E-state index in [1.54, 1.807) is 0 Å². The maximum absolute atomic E-state index is 8.68. The van der Waals surface area contributed by atoms with Gasteiger partial charge in [-0.25, -0.2) is 0 Å². The van der Waals surface area contributed by atoms with Crippen molar-refractivity contribution >= 4 is 11.6 Å². The van der Waals surface area contributed by atoms with E-state index in [4.69, 9.17) is 16.7 Å². The third-order valence-electron chi connectivity index (χ3n) is 1.12. The van der Waals surface area contributed by atoms with Crippen LogP contribution in [0.5, 0.6) is 0 Å². The molecule has 1 nitrogen and oxygen atoms in total. The Kier molecular flexibility index (Phi) is 0.815. The standard InChI is InChI=1S/C4H7ClO/c5-4(6)2-1-3-4/h6H,1-3H2. The first-order valence-electron chi connectivity index (χ1n) is 2.12. The van der Waals surface area contributed by atoms with Crippen LogP contribution in [0.1, 0.15) is 19.3 Å². The number of alkyl halides is 1. The van der Waals surface area contributed by atoms with Crippen LogP contribution in [0, 0.1) is 0 Å². The number of aliphatic hydroxyl groups is 1. The van der Waals surface area contributed by atoms with Gasteiger partial charge in [0, 0.05) is 0 Å². The van der Waals surface area contributed by atoms with Crippen LogP contribution in [-0.2, 0) is 0 Å². The molecule has 0 aliphatic heterocycles. The van der Waals surface area contributed by atoms with Gasteiger partial charge in [-0.1, -0.05) is 11.6 Å². The van der Waals surface area contributed by atoms with Gasteiger partial charge >= 0.3 is 0 Å². The van der Waals surface area contributed by atoms with Crippen molar-refractivity contribution in [3.05, 3.63) is 0 Å². The van der Waals surface area contributed by atoms with Crippen molar-refractivity contribution in [1.82, 2.24) is 0 Å². The highest BCUT2D eigenvalue weighted by atomic mass is 35.5. The van der Waals surface area contributed by atoms with Gasteiger partial charge in [-0.15, -0.1) is 0 Å². The van der Waals surface area contributed by atoms with Crippen LogP contribution in [0.2, 0.25) is 0 Å². The molecule has 1 aliphatic carbocycles. The van der Waals surface area contributed by atoms with E-state index in [9.17, 15) is 0 Å². The van der Waals surface area contributed by atoms with Gasteiger partial charge in [-0.05, 0) is 19.3 Å². The lowest BCUT2D eigenvalue weighted by Gasteiger charge is -2.28. The lowest BCUT2D eigenvalue weighted by molar-refractivity contribution is 0.0498. The molecule has 0 aromatic carbocycles. The van der Waals surface area contributed by atoms with Gasteiger partial charge in [0.25, 0.3) is 0 Å². The minimum absolute atomic E-state index is 0.772. The number of hydrogen-bond donors (Lipinski definition) is 1. The van der Waals surface area contributed by atoms with Crippen LogP contribution >= 0.6 is 11.6 Å². The molecule has 1 aliphatic rings. The molecule has 6 heavy (non-hydrogen) atoms. The molecular formula is C4H7ClO. The summed E-state index contributed by atoms with van der Waals surface area (Å²) in [6.07, 6.45) is 2.63. The van der Waals surface area contributed by atoms with Gasteiger partial charge in [0.15, 0.2) is 0 Å². The smallest absolute Gasteiger partial charge is 0.138 e. The lowest BCUT2D eigenvalue weighted by atomic mass is 9.96. The Bertz CT molecular complexity index is 54.6. The first-order valence-corrected chi connectivity index (χ1v) is 2.50. The molecule has 1 fully saturated rings. The average Bonchev–Trinajstić information content (AvgIpc) is 1.32. The predicted molar refractivity (Wildman–Crippen MR) is 24.7 cm³/mol. The van der Waals surface area contributed by atoms with Gasteiger partial charge in [-0.3, -0.25) is 0 Å². The topological polar surface area (TPSA) is 20.2 Å². The molecule has 0 aromatic heterocycles. The molecule has 0 bridgehead atoms. The molecule has 0 heterocycles. The van der Waals surface area contributed by atoms with Crippen LogP contribution in [0.25, 0.3) is 0 Å². The van der Waals surface area contributed by atoms with Crippen LogP contribution in [-0.4, -0.2) is 10.2 Å². The third kappa shape index (κ3) is 0.660.